The summed E-state index contributed by atoms with van der Waals surface area (Å²) in [5.41, 5.74) is 6.39. The van der Waals surface area contributed by atoms with E-state index in [-0.39, 0.29) is 11.9 Å². The summed E-state index contributed by atoms with van der Waals surface area (Å²) in [6, 6.07) is 7.49. The third-order valence-electron chi connectivity index (χ3n) is 2.16. The van der Waals surface area contributed by atoms with Crippen molar-refractivity contribution in [2.45, 2.75) is 19.4 Å². The number of benzene rings is 1. The molecule has 0 aliphatic rings. The van der Waals surface area contributed by atoms with E-state index in [9.17, 15) is 4.79 Å². The highest BCUT2D eigenvalue weighted by atomic mass is 127. The Balaban J connectivity index is 2.50. The number of hydrogen-bond acceptors (Lipinski definition) is 2. The molecule has 1 amide bonds. The minimum Gasteiger partial charge on any atom is -0.350 e. The van der Waals surface area contributed by atoms with Crippen LogP contribution >= 0.6 is 22.6 Å². The Bertz CT molecular complexity index is 324. The lowest BCUT2D eigenvalue weighted by molar-refractivity contribution is 0.0951. The van der Waals surface area contributed by atoms with Gasteiger partial charge in [-0.25, -0.2) is 0 Å². The summed E-state index contributed by atoms with van der Waals surface area (Å²) < 4.78 is 1.12. The molecule has 1 atom stereocenters. The first-order valence-electron chi connectivity index (χ1n) is 4.92. The summed E-state index contributed by atoms with van der Waals surface area (Å²) >= 11 is 2.21. The highest BCUT2D eigenvalue weighted by Crippen LogP contribution is 2.06. The van der Waals surface area contributed by atoms with Crippen LogP contribution in [0.15, 0.2) is 24.3 Å². The predicted octanol–water partition coefficient (Wildman–Crippen LogP) is 1.76. The van der Waals surface area contributed by atoms with E-state index in [1.807, 2.05) is 31.2 Å². The fourth-order valence-corrected chi connectivity index (χ4v) is 1.43. The lowest BCUT2D eigenvalue weighted by atomic mass is 10.2. The van der Waals surface area contributed by atoms with E-state index in [0.29, 0.717) is 12.1 Å². The first-order chi connectivity index (χ1) is 7.13. The lowest BCUT2D eigenvalue weighted by Gasteiger charge is -2.10. The van der Waals surface area contributed by atoms with Crippen LogP contribution in [-0.4, -0.2) is 18.5 Å². The second-order valence-corrected chi connectivity index (χ2v) is 4.63. The Morgan fingerprint density at radius 3 is 2.60 bits per heavy atom. The lowest BCUT2D eigenvalue weighted by Crippen LogP contribution is -2.36. The van der Waals surface area contributed by atoms with E-state index in [1.54, 1.807) is 0 Å². The van der Waals surface area contributed by atoms with E-state index in [2.05, 4.69) is 27.9 Å². The molecule has 0 aliphatic heterocycles. The average molecular weight is 318 g/mol. The number of carbonyl (C=O) groups is 1. The van der Waals surface area contributed by atoms with Crippen LogP contribution in [0.1, 0.15) is 23.7 Å². The molecular formula is C11H15IN2O. The van der Waals surface area contributed by atoms with Gasteiger partial charge in [0.15, 0.2) is 0 Å². The molecule has 0 fully saturated rings. The molecule has 15 heavy (non-hydrogen) atoms. The molecule has 82 valence electrons. The van der Waals surface area contributed by atoms with Gasteiger partial charge in [0, 0.05) is 21.7 Å². The summed E-state index contributed by atoms with van der Waals surface area (Å²) in [6.45, 7) is 2.53. The van der Waals surface area contributed by atoms with E-state index >= 15 is 0 Å². The number of carbonyl (C=O) groups excluding carboxylic acids is 1. The van der Waals surface area contributed by atoms with Gasteiger partial charge in [-0.1, -0.05) is 6.92 Å². The van der Waals surface area contributed by atoms with Crippen molar-refractivity contribution in [3.8, 4) is 0 Å². The third-order valence-corrected chi connectivity index (χ3v) is 2.87. The number of rotatable bonds is 4. The van der Waals surface area contributed by atoms with Gasteiger partial charge in [0.25, 0.3) is 5.91 Å². The monoisotopic (exact) mass is 318 g/mol. The normalized spacial score (nSPS) is 12.2. The first kappa shape index (κ1) is 12.4. The summed E-state index contributed by atoms with van der Waals surface area (Å²) in [6.07, 6.45) is 0.868. The summed E-state index contributed by atoms with van der Waals surface area (Å²) in [4.78, 5) is 11.6. The topological polar surface area (TPSA) is 55.1 Å². The number of amides is 1. The number of nitrogens with one attached hydrogen (secondary N) is 1. The quantitative estimate of drug-likeness (QED) is 0.831. The molecular weight excluding hydrogens is 303 g/mol. The number of halogens is 1. The molecule has 3 N–H and O–H groups in total. The Kier molecular flexibility index (Phi) is 5.04. The molecule has 1 aromatic rings. The predicted molar refractivity (Wildman–Crippen MR) is 69.8 cm³/mol. The zero-order valence-corrected chi connectivity index (χ0v) is 10.8. The smallest absolute Gasteiger partial charge is 0.251 e. The molecule has 0 aromatic heterocycles. The largest absolute Gasteiger partial charge is 0.350 e. The van der Waals surface area contributed by atoms with E-state index < -0.39 is 0 Å². The van der Waals surface area contributed by atoms with Crippen LogP contribution in [-0.2, 0) is 0 Å². The average Bonchev–Trinajstić information content (AvgIpc) is 2.26. The van der Waals surface area contributed by atoms with Crippen LogP contribution in [0, 0.1) is 3.57 Å². The molecule has 1 rings (SSSR count). The maximum atomic E-state index is 11.6. The van der Waals surface area contributed by atoms with E-state index in [0.717, 1.165) is 9.99 Å². The van der Waals surface area contributed by atoms with Crippen molar-refractivity contribution in [3.05, 3.63) is 33.4 Å². The van der Waals surface area contributed by atoms with Gasteiger partial charge >= 0.3 is 0 Å². The van der Waals surface area contributed by atoms with Crippen molar-refractivity contribution in [1.82, 2.24) is 5.32 Å². The fourth-order valence-electron chi connectivity index (χ4n) is 1.07. The van der Waals surface area contributed by atoms with Crippen molar-refractivity contribution in [1.29, 1.82) is 0 Å². The Labute approximate surface area is 104 Å². The fraction of sp³-hybridized carbons (Fsp3) is 0.364. The molecule has 4 heteroatoms. The van der Waals surface area contributed by atoms with E-state index in [1.165, 1.54) is 0 Å². The van der Waals surface area contributed by atoms with Crippen LogP contribution in [0.25, 0.3) is 0 Å². The molecule has 0 aliphatic carbocycles. The van der Waals surface area contributed by atoms with Crippen LogP contribution in [0.5, 0.6) is 0 Å². The van der Waals surface area contributed by atoms with Gasteiger partial charge < -0.3 is 11.1 Å². The van der Waals surface area contributed by atoms with Crippen molar-refractivity contribution >= 4 is 28.5 Å². The molecule has 0 saturated heterocycles. The van der Waals surface area contributed by atoms with Crippen LogP contribution in [0.2, 0.25) is 0 Å². The maximum absolute atomic E-state index is 11.6. The first-order valence-corrected chi connectivity index (χ1v) is 6.00. The Hall–Kier alpha value is -0.620. The van der Waals surface area contributed by atoms with Crippen molar-refractivity contribution in [2.75, 3.05) is 6.54 Å². The Morgan fingerprint density at radius 1 is 1.47 bits per heavy atom. The maximum Gasteiger partial charge on any atom is 0.251 e. The highest BCUT2D eigenvalue weighted by molar-refractivity contribution is 14.1. The third kappa shape index (κ3) is 4.17. The minimum absolute atomic E-state index is 0.0396. The van der Waals surface area contributed by atoms with Crippen molar-refractivity contribution < 1.29 is 4.79 Å². The van der Waals surface area contributed by atoms with Crippen molar-refractivity contribution in [3.63, 3.8) is 0 Å². The van der Waals surface area contributed by atoms with Crippen molar-refractivity contribution in [2.24, 2.45) is 5.73 Å². The molecule has 0 heterocycles. The standard InChI is InChI=1S/C11H15IN2O/c1-2-10(13)7-14-11(15)8-3-5-9(12)6-4-8/h3-6,10H,2,7,13H2,1H3,(H,14,15). The van der Waals surface area contributed by atoms with Gasteiger partial charge in [-0.05, 0) is 53.3 Å². The molecule has 1 unspecified atom stereocenters. The second kappa shape index (κ2) is 6.07. The van der Waals surface area contributed by atoms with Gasteiger partial charge in [-0.15, -0.1) is 0 Å². The molecule has 1 aromatic carbocycles. The molecule has 0 radical (unpaired) electrons. The van der Waals surface area contributed by atoms with Gasteiger partial charge in [0.2, 0.25) is 0 Å². The zero-order valence-electron chi connectivity index (χ0n) is 8.66. The van der Waals surface area contributed by atoms with E-state index in [4.69, 9.17) is 5.73 Å². The Morgan fingerprint density at radius 2 is 2.07 bits per heavy atom. The van der Waals surface area contributed by atoms with Gasteiger partial charge in [0.05, 0.1) is 0 Å². The van der Waals surface area contributed by atoms with Gasteiger partial charge in [-0.2, -0.15) is 0 Å². The van der Waals surface area contributed by atoms with Crippen LogP contribution in [0.3, 0.4) is 0 Å². The minimum atomic E-state index is -0.0599. The summed E-state index contributed by atoms with van der Waals surface area (Å²) in [5, 5.41) is 2.80. The SMILES string of the molecule is CCC(N)CNC(=O)c1ccc(I)cc1. The highest BCUT2D eigenvalue weighted by Gasteiger charge is 2.06. The van der Waals surface area contributed by atoms with Gasteiger partial charge in [-0.3, -0.25) is 4.79 Å². The summed E-state index contributed by atoms with van der Waals surface area (Å²) in [7, 11) is 0. The molecule has 0 saturated carbocycles. The van der Waals surface area contributed by atoms with Crippen LogP contribution < -0.4 is 11.1 Å². The second-order valence-electron chi connectivity index (χ2n) is 3.39. The number of hydrogen-bond donors (Lipinski definition) is 2. The molecule has 3 nitrogen and oxygen atoms in total. The zero-order chi connectivity index (χ0) is 11.3. The molecule has 0 spiro atoms. The molecule has 0 bridgehead atoms. The number of nitrogens with two attached hydrogens (primary N) is 1. The van der Waals surface area contributed by atoms with Gasteiger partial charge in [0.1, 0.15) is 0 Å². The van der Waals surface area contributed by atoms with Crippen LogP contribution in [0.4, 0.5) is 0 Å². The summed E-state index contributed by atoms with van der Waals surface area (Å²) in [5.74, 6) is -0.0599.